The minimum atomic E-state index is -1.31. The zero-order valence-corrected chi connectivity index (χ0v) is 20.5. The highest BCUT2D eigenvalue weighted by Gasteiger charge is 2.23. The Bertz CT molecular complexity index is 1190. The Kier molecular flexibility index (Phi) is 8.09. The summed E-state index contributed by atoms with van der Waals surface area (Å²) in [5, 5.41) is 21.1. The van der Waals surface area contributed by atoms with Crippen molar-refractivity contribution in [3.63, 3.8) is 0 Å². The molecule has 168 valence electrons. The van der Waals surface area contributed by atoms with Gasteiger partial charge in [-0.3, -0.25) is 4.98 Å². The standard InChI is InChI=1S/C24H24N2O2S2.C2H6/c1-24(28,14-27)16-10-11-26-19(13-16)17-8-5-6-15-12-21(30-23(15)17)22(25)18-7-3-4-9-20(18)29-2;1-2/h3-13,22,27-28H,14,25H2,1-2H3;1-2H3. The summed E-state index contributed by atoms with van der Waals surface area (Å²) in [4.78, 5) is 6.81. The maximum absolute atomic E-state index is 10.4. The molecule has 0 radical (unpaired) electrons. The SMILES string of the molecule is CC.CSc1ccccc1C(N)c1cc2cccc(-c3cc(C(C)(O)CO)ccn3)c2s1. The van der Waals surface area contributed by atoms with E-state index in [1.807, 2.05) is 44.2 Å². The zero-order chi connectivity index (χ0) is 23.3. The maximum atomic E-state index is 10.4. The minimum Gasteiger partial charge on any atom is -0.393 e. The Hall–Kier alpha value is -2.22. The van der Waals surface area contributed by atoms with Crippen LogP contribution in [0.3, 0.4) is 0 Å². The number of benzene rings is 2. The second-order valence-electron chi connectivity index (χ2n) is 7.45. The number of fused-ring (bicyclic) bond motifs is 1. The molecule has 2 aromatic heterocycles. The number of aliphatic hydroxyl groups is 2. The molecular formula is C26H30N2O2S2. The Morgan fingerprint density at radius 1 is 1.09 bits per heavy atom. The number of hydrogen-bond acceptors (Lipinski definition) is 6. The number of thioether (sulfide) groups is 1. The second-order valence-corrected chi connectivity index (χ2v) is 9.39. The third-order valence-electron chi connectivity index (χ3n) is 5.31. The normalized spacial score (nSPS) is 13.8. The summed E-state index contributed by atoms with van der Waals surface area (Å²) in [7, 11) is 0. The van der Waals surface area contributed by atoms with Crippen LogP contribution in [-0.4, -0.2) is 28.1 Å². The van der Waals surface area contributed by atoms with Crippen LogP contribution in [0.4, 0.5) is 0 Å². The molecule has 4 nitrogen and oxygen atoms in total. The Morgan fingerprint density at radius 2 is 1.84 bits per heavy atom. The van der Waals surface area contributed by atoms with Gasteiger partial charge in [0.1, 0.15) is 5.60 Å². The summed E-state index contributed by atoms with van der Waals surface area (Å²) in [5.41, 5.74) is 8.86. The molecule has 0 saturated carbocycles. The van der Waals surface area contributed by atoms with Crippen LogP contribution in [0.25, 0.3) is 21.3 Å². The van der Waals surface area contributed by atoms with E-state index in [1.165, 1.54) is 4.90 Å². The third-order valence-corrected chi connectivity index (χ3v) is 7.39. The molecule has 0 aliphatic heterocycles. The first kappa shape index (κ1) is 24.4. The number of rotatable bonds is 6. The van der Waals surface area contributed by atoms with Gasteiger partial charge in [-0.2, -0.15) is 0 Å². The van der Waals surface area contributed by atoms with E-state index in [-0.39, 0.29) is 12.6 Å². The van der Waals surface area contributed by atoms with Crippen molar-refractivity contribution in [2.45, 2.75) is 37.3 Å². The van der Waals surface area contributed by atoms with Gasteiger partial charge in [-0.15, -0.1) is 23.1 Å². The Balaban J connectivity index is 0.00000141. The summed E-state index contributed by atoms with van der Waals surface area (Å²) >= 11 is 3.38. The lowest BCUT2D eigenvalue weighted by Crippen LogP contribution is -2.25. The van der Waals surface area contributed by atoms with Crippen molar-refractivity contribution in [2.24, 2.45) is 5.73 Å². The fourth-order valence-electron chi connectivity index (χ4n) is 3.52. The lowest BCUT2D eigenvalue weighted by molar-refractivity contribution is -0.00230. The molecule has 2 heterocycles. The van der Waals surface area contributed by atoms with Crippen LogP contribution in [0.5, 0.6) is 0 Å². The van der Waals surface area contributed by atoms with E-state index in [0.29, 0.717) is 5.56 Å². The molecule has 0 bridgehead atoms. The van der Waals surface area contributed by atoms with Gasteiger partial charge in [0.15, 0.2) is 0 Å². The number of hydrogen-bond donors (Lipinski definition) is 3. The Morgan fingerprint density at radius 3 is 2.56 bits per heavy atom. The molecule has 4 N–H and O–H groups in total. The van der Waals surface area contributed by atoms with Crippen molar-refractivity contribution in [3.05, 3.63) is 82.9 Å². The van der Waals surface area contributed by atoms with Gasteiger partial charge in [-0.1, -0.05) is 50.2 Å². The van der Waals surface area contributed by atoms with E-state index in [9.17, 15) is 10.2 Å². The van der Waals surface area contributed by atoms with Gasteiger partial charge in [0.05, 0.1) is 18.3 Å². The molecule has 4 rings (SSSR count). The van der Waals surface area contributed by atoms with Gasteiger partial charge >= 0.3 is 0 Å². The second kappa shape index (κ2) is 10.6. The molecule has 0 saturated heterocycles. The first-order chi connectivity index (χ1) is 15.4. The average Bonchev–Trinajstić information content (AvgIpc) is 3.29. The maximum Gasteiger partial charge on any atom is 0.110 e. The molecule has 2 unspecified atom stereocenters. The van der Waals surface area contributed by atoms with E-state index in [1.54, 1.807) is 42.3 Å². The molecule has 6 heteroatoms. The van der Waals surface area contributed by atoms with Gasteiger partial charge in [-0.05, 0) is 54.0 Å². The van der Waals surface area contributed by atoms with E-state index in [2.05, 4.69) is 35.5 Å². The van der Waals surface area contributed by atoms with E-state index in [0.717, 1.165) is 31.8 Å². The molecule has 2 atom stereocenters. The van der Waals surface area contributed by atoms with Crippen LogP contribution < -0.4 is 5.73 Å². The van der Waals surface area contributed by atoms with Crippen LogP contribution in [-0.2, 0) is 5.60 Å². The Labute approximate surface area is 198 Å². The first-order valence-electron chi connectivity index (χ1n) is 10.7. The van der Waals surface area contributed by atoms with Crippen molar-refractivity contribution in [1.29, 1.82) is 0 Å². The van der Waals surface area contributed by atoms with Crippen molar-refractivity contribution >= 4 is 33.2 Å². The van der Waals surface area contributed by atoms with E-state index in [4.69, 9.17) is 5.73 Å². The largest absolute Gasteiger partial charge is 0.393 e. The van der Waals surface area contributed by atoms with Gasteiger partial charge in [0.2, 0.25) is 0 Å². The van der Waals surface area contributed by atoms with Crippen molar-refractivity contribution in [2.75, 3.05) is 12.9 Å². The van der Waals surface area contributed by atoms with Crippen molar-refractivity contribution in [1.82, 2.24) is 4.98 Å². The summed E-state index contributed by atoms with van der Waals surface area (Å²) in [6.07, 6.45) is 3.73. The summed E-state index contributed by atoms with van der Waals surface area (Å²) in [5.74, 6) is 0. The fraction of sp³-hybridized carbons (Fsp3) is 0.269. The number of nitrogens with two attached hydrogens (primary N) is 1. The zero-order valence-electron chi connectivity index (χ0n) is 18.9. The molecule has 2 aromatic carbocycles. The van der Waals surface area contributed by atoms with Crippen LogP contribution in [0.15, 0.2) is 71.8 Å². The van der Waals surface area contributed by atoms with Gasteiger partial charge in [-0.25, -0.2) is 0 Å². The summed E-state index contributed by atoms with van der Waals surface area (Å²) in [6.45, 7) is 5.24. The fourth-order valence-corrected chi connectivity index (χ4v) is 5.37. The van der Waals surface area contributed by atoms with Crippen molar-refractivity contribution in [3.8, 4) is 11.3 Å². The van der Waals surface area contributed by atoms with E-state index < -0.39 is 5.60 Å². The predicted octanol–water partition coefficient (Wildman–Crippen LogP) is 5.96. The van der Waals surface area contributed by atoms with Crippen LogP contribution in [0.1, 0.15) is 42.8 Å². The van der Waals surface area contributed by atoms with Gasteiger partial charge in [0, 0.05) is 26.2 Å². The van der Waals surface area contributed by atoms with E-state index >= 15 is 0 Å². The molecule has 0 fully saturated rings. The molecule has 0 spiro atoms. The van der Waals surface area contributed by atoms with Crippen LogP contribution in [0.2, 0.25) is 0 Å². The molecule has 4 aromatic rings. The topological polar surface area (TPSA) is 79.4 Å². The van der Waals surface area contributed by atoms with Gasteiger partial charge in [0.25, 0.3) is 0 Å². The number of pyridine rings is 1. The molecular weight excluding hydrogens is 436 g/mol. The molecule has 0 amide bonds. The molecule has 0 aliphatic carbocycles. The average molecular weight is 467 g/mol. The number of nitrogens with zero attached hydrogens (tertiary/aromatic N) is 1. The lowest BCUT2D eigenvalue weighted by atomic mass is 9.96. The highest BCUT2D eigenvalue weighted by atomic mass is 32.2. The first-order valence-corrected chi connectivity index (χ1v) is 12.7. The third kappa shape index (κ3) is 4.90. The minimum absolute atomic E-state index is 0.201. The molecule has 0 aliphatic rings. The van der Waals surface area contributed by atoms with Gasteiger partial charge < -0.3 is 15.9 Å². The summed E-state index contributed by atoms with van der Waals surface area (Å²) in [6, 6.07) is 19.9. The van der Waals surface area contributed by atoms with Crippen molar-refractivity contribution < 1.29 is 10.2 Å². The lowest BCUT2D eigenvalue weighted by Gasteiger charge is -2.21. The predicted molar refractivity (Wildman–Crippen MR) is 137 cm³/mol. The monoisotopic (exact) mass is 466 g/mol. The van der Waals surface area contributed by atoms with Crippen LogP contribution in [0, 0.1) is 0 Å². The quantitative estimate of drug-likeness (QED) is 0.306. The highest BCUT2D eigenvalue weighted by molar-refractivity contribution is 7.98. The number of aromatic nitrogens is 1. The highest BCUT2D eigenvalue weighted by Crippen LogP contribution is 2.39. The van der Waals surface area contributed by atoms with Crippen LogP contribution >= 0.6 is 23.1 Å². The number of thiophene rings is 1. The smallest absolute Gasteiger partial charge is 0.110 e. The molecule has 32 heavy (non-hydrogen) atoms. The summed E-state index contributed by atoms with van der Waals surface area (Å²) < 4.78 is 1.11. The number of aliphatic hydroxyl groups excluding tert-OH is 1.